The molecule has 0 aliphatic carbocycles. The first kappa shape index (κ1) is 10.3. The van der Waals surface area contributed by atoms with Crippen molar-refractivity contribution in [2.45, 2.75) is 25.9 Å². The highest BCUT2D eigenvalue weighted by atomic mass is 32.1. The minimum absolute atomic E-state index is 0.378. The maximum Gasteiger partial charge on any atom is 0.213 e. The smallest absolute Gasteiger partial charge is 0.213 e. The van der Waals surface area contributed by atoms with E-state index in [1.54, 1.807) is 11.3 Å². The Balaban J connectivity index is 1.92. The first-order valence-corrected chi connectivity index (χ1v) is 5.80. The van der Waals surface area contributed by atoms with Crippen molar-refractivity contribution in [2.24, 2.45) is 0 Å². The predicted octanol–water partition coefficient (Wildman–Crippen LogP) is 2.37. The molecule has 2 rings (SSSR count). The molecule has 0 spiro atoms. The van der Waals surface area contributed by atoms with Crippen LogP contribution in [0, 0.1) is 0 Å². The Morgan fingerprint density at radius 1 is 1.60 bits per heavy atom. The van der Waals surface area contributed by atoms with Crippen LogP contribution in [-0.4, -0.2) is 10.1 Å². The zero-order valence-corrected chi connectivity index (χ0v) is 9.33. The zero-order chi connectivity index (χ0) is 10.5. The summed E-state index contributed by atoms with van der Waals surface area (Å²) < 4.78 is 4.67. The van der Waals surface area contributed by atoms with Crippen LogP contribution in [0.2, 0.25) is 0 Å². The number of aromatic nitrogens is 2. The quantitative estimate of drug-likeness (QED) is 0.845. The van der Waals surface area contributed by atoms with E-state index in [2.05, 4.69) is 44.4 Å². The number of rotatable bonds is 5. The molecule has 80 valence electrons. The fraction of sp³-hybridized carbons (Fsp3) is 0.400. The highest BCUT2D eigenvalue weighted by Crippen LogP contribution is 2.21. The maximum absolute atomic E-state index is 4.67. The molecule has 0 radical (unpaired) electrons. The number of thiophene rings is 1. The van der Waals surface area contributed by atoms with E-state index in [1.807, 2.05) is 0 Å². The normalized spacial score (nSPS) is 12.9. The van der Waals surface area contributed by atoms with Gasteiger partial charge in [0, 0.05) is 10.9 Å². The molecule has 0 aliphatic rings. The molecule has 0 amide bonds. The molecule has 1 N–H and O–H groups in total. The van der Waals surface area contributed by atoms with Gasteiger partial charge in [-0.15, -0.1) is 11.3 Å². The van der Waals surface area contributed by atoms with Gasteiger partial charge in [0.25, 0.3) is 0 Å². The van der Waals surface area contributed by atoms with E-state index < -0.39 is 0 Å². The standard InChI is InChI=1S/C10H13N3OS/c1-2-8(9-4-3-5-15-9)11-6-10-12-7-14-13-10/h3-5,7-8,11H,2,6H2,1H3. The Hall–Kier alpha value is -1.20. The SMILES string of the molecule is CCC(NCc1ncon1)c1cccs1. The third-order valence-electron chi connectivity index (χ3n) is 2.21. The van der Waals surface area contributed by atoms with E-state index in [4.69, 9.17) is 0 Å². The molecule has 2 aromatic heterocycles. The van der Waals surface area contributed by atoms with Gasteiger partial charge in [0.15, 0.2) is 5.82 Å². The number of hydrogen-bond acceptors (Lipinski definition) is 5. The molecule has 0 aromatic carbocycles. The van der Waals surface area contributed by atoms with E-state index in [-0.39, 0.29) is 0 Å². The topological polar surface area (TPSA) is 51.0 Å². The van der Waals surface area contributed by atoms with Crippen LogP contribution in [0.25, 0.3) is 0 Å². The van der Waals surface area contributed by atoms with Crippen molar-refractivity contribution in [3.8, 4) is 0 Å². The minimum atomic E-state index is 0.378. The zero-order valence-electron chi connectivity index (χ0n) is 8.51. The Morgan fingerprint density at radius 3 is 3.13 bits per heavy atom. The average Bonchev–Trinajstić information content (AvgIpc) is 2.90. The Morgan fingerprint density at radius 2 is 2.53 bits per heavy atom. The third-order valence-corrected chi connectivity index (χ3v) is 3.19. The molecule has 1 atom stereocenters. The van der Waals surface area contributed by atoms with Gasteiger partial charge in [-0.25, -0.2) is 0 Å². The van der Waals surface area contributed by atoms with Crippen LogP contribution >= 0.6 is 11.3 Å². The summed E-state index contributed by atoms with van der Waals surface area (Å²) in [6.45, 7) is 2.81. The van der Waals surface area contributed by atoms with E-state index in [0.717, 1.165) is 6.42 Å². The molecule has 0 bridgehead atoms. The highest BCUT2D eigenvalue weighted by Gasteiger charge is 2.10. The minimum Gasteiger partial charge on any atom is -0.343 e. The van der Waals surface area contributed by atoms with Crippen molar-refractivity contribution in [2.75, 3.05) is 0 Å². The summed E-state index contributed by atoms with van der Waals surface area (Å²) >= 11 is 1.77. The number of hydrogen-bond donors (Lipinski definition) is 1. The summed E-state index contributed by atoms with van der Waals surface area (Å²) in [4.78, 5) is 5.32. The van der Waals surface area contributed by atoms with Crippen molar-refractivity contribution in [3.05, 3.63) is 34.6 Å². The highest BCUT2D eigenvalue weighted by molar-refractivity contribution is 7.10. The van der Waals surface area contributed by atoms with E-state index in [0.29, 0.717) is 18.4 Å². The van der Waals surface area contributed by atoms with Crippen molar-refractivity contribution in [1.29, 1.82) is 0 Å². The van der Waals surface area contributed by atoms with Gasteiger partial charge in [-0.3, -0.25) is 0 Å². The van der Waals surface area contributed by atoms with Crippen molar-refractivity contribution in [3.63, 3.8) is 0 Å². The molecule has 2 aromatic rings. The van der Waals surface area contributed by atoms with Gasteiger partial charge in [-0.2, -0.15) is 4.98 Å². The van der Waals surface area contributed by atoms with Crippen LogP contribution in [0.5, 0.6) is 0 Å². The molecular weight excluding hydrogens is 210 g/mol. The average molecular weight is 223 g/mol. The van der Waals surface area contributed by atoms with Crippen molar-refractivity contribution >= 4 is 11.3 Å². The first-order valence-electron chi connectivity index (χ1n) is 4.92. The van der Waals surface area contributed by atoms with Gasteiger partial charge in [-0.1, -0.05) is 18.1 Å². The molecule has 5 heteroatoms. The van der Waals surface area contributed by atoms with Gasteiger partial charge >= 0.3 is 0 Å². The molecule has 4 nitrogen and oxygen atoms in total. The number of nitrogens with zero attached hydrogens (tertiary/aromatic N) is 2. The van der Waals surface area contributed by atoms with Gasteiger partial charge in [0.05, 0.1) is 6.54 Å². The summed E-state index contributed by atoms with van der Waals surface area (Å²) in [6.07, 6.45) is 2.40. The van der Waals surface area contributed by atoms with Gasteiger partial charge in [0.2, 0.25) is 6.39 Å². The van der Waals surface area contributed by atoms with Crippen molar-refractivity contribution < 1.29 is 4.52 Å². The lowest BCUT2D eigenvalue weighted by Crippen LogP contribution is -2.20. The fourth-order valence-corrected chi connectivity index (χ4v) is 2.31. The van der Waals surface area contributed by atoms with Gasteiger partial charge < -0.3 is 9.84 Å². The lowest BCUT2D eigenvalue weighted by atomic mass is 10.2. The molecule has 1 unspecified atom stereocenters. The van der Waals surface area contributed by atoms with Gasteiger partial charge in [-0.05, 0) is 17.9 Å². The lowest BCUT2D eigenvalue weighted by Gasteiger charge is -2.13. The molecule has 2 heterocycles. The first-order chi connectivity index (χ1) is 7.40. The largest absolute Gasteiger partial charge is 0.343 e. The Labute approximate surface area is 92.3 Å². The molecule has 0 fully saturated rings. The fourth-order valence-electron chi connectivity index (χ4n) is 1.42. The molecule has 0 aliphatic heterocycles. The monoisotopic (exact) mass is 223 g/mol. The number of nitrogens with one attached hydrogen (secondary N) is 1. The van der Waals surface area contributed by atoms with Crippen LogP contribution in [0.4, 0.5) is 0 Å². The molecular formula is C10H13N3OS. The summed E-state index contributed by atoms with van der Waals surface area (Å²) in [7, 11) is 0. The van der Waals surface area contributed by atoms with Crippen LogP contribution in [0.3, 0.4) is 0 Å². The Kier molecular flexibility index (Phi) is 3.47. The second-order valence-electron chi connectivity index (χ2n) is 3.20. The summed E-state index contributed by atoms with van der Waals surface area (Å²) in [5.74, 6) is 0.699. The molecule has 0 saturated carbocycles. The summed E-state index contributed by atoms with van der Waals surface area (Å²) in [5.41, 5.74) is 0. The maximum atomic E-state index is 4.67. The van der Waals surface area contributed by atoms with E-state index >= 15 is 0 Å². The van der Waals surface area contributed by atoms with Crippen molar-refractivity contribution in [1.82, 2.24) is 15.5 Å². The van der Waals surface area contributed by atoms with E-state index in [1.165, 1.54) is 11.3 Å². The lowest BCUT2D eigenvalue weighted by molar-refractivity contribution is 0.403. The third kappa shape index (κ3) is 2.64. The van der Waals surface area contributed by atoms with E-state index in [9.17, 15) is 0 Å². The van der Waals surface area contributed by atoms with Crippen LogP contribution in [-0.2, 0) is 6.54 Å². The van der Waals surface area contributed by atoms with Crippen LogP contribution < -0.4 is 5.32 Å². The van der Waals surface area contributed by atoms with Gasteiger partial charge in [0.1, 0.15) is 0 Å². The summed E-state index contributed by atoms with van der Waals surface area (Å²) in [6, 6.07) is 4.59. The van der Waals surface area contributed by atoms with Crippen LogP contribution in [0.15, 0.2) is 28.4 Å². The van der Waals surface area contributed by atoms with Crippen LogP contribution in [0.1, 0.15) is 30.1 Å². The Bertz CT molecular complexity index is 371. The second-order valence-corrected chi connectivity index (χ2v) is 4.18. The molecule has 0 saturated heterocycles. The molecule has 15 heavy (non-hydrogen) atoms. The predicted molar refractivity (Wildman–Crippen MR) is 58.5 cm³/mol. The summed E-state index contributed by atoms with van der Waals surface area (Å²) in [5, 5.41) is 9.25. The second kappa shape index (κ2) is 5.04.